The van der Waals surface area contributed by atoms with E-state index < -0.39 is 0 Å². The van der Waals surface area contributed by atoms with E-state index in [1.165, 1.54) is 18.4 Å². The van der Waals surface area contributed by atoms with Crippen LogP contribution in [0.3, 0.4) is 0 Å². The second-order valence-electron chi connectivity index (χ2n) is 13.0. The fraction of sp³-hybridized carbons (Fsp3) is 0.529. The molecule has 7 rings (SSSR count). The number of likely N-dealkylation sites (tertiary alicyclic amines) is 2. The van der Waals surface area contributed by atoms with Gasteiger partial charge in [-0.3, -0.25) is 14.6 Å². The maximum Gasteiger partial charge on any atom is 0.255 e. The average molecular weight is 614 g/mol. The number of ether oxygens (including phenoxy) is 2. The van der Waals surface area contributed by atoms with Crippen molar-refractivity contribution in [3.05, 3.63) is 47.4 Å². The molecule has 1 saturated carbocycles. The van der Waals surface area contributed by atoms with Crippen molar-refractivity contribution in [2.45, 2.75) is 64.0 Å². The first-order chi connectivity index (χ1) is 21.9. The van der Waals surface area contributed by atoms with E-state index >= 15 is 0 Å². The number of carbonyl (C=O) groups is 2. The summed E-state index contributed by atoms with van der Waals surface area (Å²) in [6.45, 7) is 5.78. The van der Waals surface area contributed by atoms with Crippen molar-refractivity contribution in [1.82, 2.24) is 29.0 Å². The number of rotatable bonds is 8. The van der Waals surface area contributed by atoms with Crippen LogP contribution in [-0.2, 0) is 16.1 Å². The summed E-state index contributed by atoms with van der Waals surface area (Å²) in [5.74, 6) is 1.52. The molecule has 4 aromatic heterocycles. The Morgan fingerprint density at radius 3 is 2.53 bits per heavy atom. The highest BCUT2D eigenvalue weighted by atomic mass is 16.5. The molecule has 4 aromatic rings. The molecule has 0 aromatic carbocycles. The number of piperidine rings is 2. The summed E-state index contributed by atoms with van der Waals surface area (Å²) in [5, 5.41) is 6.26. The Bertz CT molecular complexity index is 1750. The predicted molar refractivity (Wildman–Crippen MR) is 171 cm³/mol. The molecule has 2 saturated heterocycles. The molecule has 3 aliphatic rings. The Balaban J connectivity index is 1.29. The van der Waals surface area contributed by atoms with Crippen LogP contribution in [0.25, 0.3) is 27.8 Å². The van der Waals surface area contributed by atoms with Crippen LogP contribution in [0, 0.1) is 12.8 Å². The summed E-state index contributed by atoms with van der Waals surface area (Å²) in [6.07, 6.45) is 9.77. The number of fused-ring (bicyclic) bond motifs is 2. The van der Waals surface area contributed by atoms with E-state index in [1.807, 2.05) is 32.8 Å². The van der Waals surface area contributed by atoms with Crippen molar-refractivity contribution >= 4 is 28.2 Å². The molecule has 2 amide bonds. The number of amides is 2. The van der Waals surface area contributed by atoms with Crippen molar-refractivity contribution in [1.29, 1.82) is 0 Å². The molecule has 45 heavy (non-hydrogen) atoms. The number of carbonyl (C=O) groups excluding carboxylic acids is 2. The molecule has 0 spiro atoms. The van der Waals surface area contributed by atoms with E-state index in [-0.39, 0.29) is 30.4 Å². The molecule has 238 valence electrons. The SMILES string of the molecule is COCC(=O)N1CCC(c2nccc3cc(-c4nn5cc(C(=O)N6CCC[C@@H](N)C6)cc(OC)c5c4C)n(CC4CC4)c23)CC1. The highest BCUT2D eigenvalue weighted by Crippen LogP contribution is 2.41. The summed E-state index contributed by atoms with van der Waals surface area (Å²) < 4.78 is 15.2. The van der Waals surface area contributed by atoms with Crippen molar-refractivity contribution in [2.75, 3.05) is 47.0 Å². The number of methoxy groups -OCH3 is 2. The summed E-state index contributed by atoms with van der Waals surface area (Å²) in [7, 11) is 3.20. The zero-order valence-electron chi connectivity index (χ0n) is 26.5. The lowest BCUT2D eigenvalue weighted by atomic mass is 9.92. The molecule has 0 radical (unpaired) electrons. The fourth-order valence-electron chi connectivity index (χ4n) is 7.28. The highest BCUT2D eigenvalue weighted by Gasteiger charge is 2.31. The average Bonchev–Trinajstić information content (AvgIpc) is 3.72. The zero-order valence-corrected chi connectivity index (χ0v) is 26.5. The minimum absolute atomic E-state index is 0.00495. The zero-order chi connectivity index (χ0) is 31.2. The van der Waals surface area contributed by atoms with Gasteiger partial charge in [-0.25, -0.2) is 4.52 Å². The van der Waals surface area contributed by atoms with Gasteiger partial charge in [0.15, 0.2) is 0 Å². The van der Waals surface area contributed by atoms with Crippen molar-refractivity contribution in [3.63, 3.8) is 0 Å². The first kappa shape index (κ1) is 29.7. The molecule has 0 bridgehead atoms. The topological polar surface area (TPSA) is 120 Å². The second-order valence-corrected chi connectivity index (χ2v) is 13.0. The molecule has 6 heterocycles. The minimum atomic E-state index is -0.0476. The lowest BCUT2D eigenvalue weighted by Gasteiger charge is -2.32. The third-order valence-corrected chi connectivity index (χ3v) is 9.86. The maximum atomic E-state index is 13.5. The van der Waals surface area contributed by atoms with Crippen LogP contribution < -0.4 is 10.5 Å². The van der Waals surface area contributed by atoms with Gasteiger partial charge in [-0.05, 0) is 69.6 Å². The monoisotopic (exact) mass is 613 g/mol. The Kier molecular flexibility index (Phi) is 7.99. The maximum absolute atomic E-state index is 13.5. The summed E-state index contributed by atoms with van der Waals surface area (Å²) in [6, 6.07) is 6.17. The number of aromatic nitrogens is 4. The van der Waals surface area contributed by atoms with Crippen molar-refractivity contribution in [3.8, 4) is 17.1 Å². The van der Waals surface area contributed by atoms with Crippen LogP contribution in [0.5, 0.6) is 5.75 Å². The first-order valence-electron chi connectivity index (χ1n) is 16.2. The van der Waals surface area contributed by atoms with Gasteiger partial charge < -0.3 is 29.6 Å². The van der Waals surface area contributed by atoms with E-state index in [9.17, 15) is 9.59 Å². The highest BCUT2D eigenvalue weighted by molar-refractivity contribution is 5.96. The number of hydrogen-bond donors (Lipinski definition) is 1. The quantitative estimate of drug-likeness (QED) is 0.319. The van der Waals surface area contributed by atoms with Crippen LogP contribution in [-0.4, -0.2) is 93.8 Å². The van der Waals surface area contributed by atoms with Gasteiger partial charge >= 0.3 is 0 Å². The van der Waals surface area contributed by atoms with Crippen molar-refractivity contribution in [2.24, 2.45) is 11.7 Å². The number of nitrogens with two attached hydrogens (primary N) is 1. The Labute approximate surface area is 263 Å². The lowest BCUT2D eigenvalue weighted by Crippen LogP contribution is -2.45. The number of pyridine rings is 2. The van der Waals surface area contributed by atoms with Crippen LogP contribution in [0.1, 0.15) is 66.1 Å². The smallest absolute Gasteiger partial charge is 0.255 e. The Morgan fingerprint density at radius 1 is 1.02 bits per heavy atom. The molecule has 11 nitrogen and oxygen atoms in total. The van der Waals surface area contributed by atoms with Gasteiger partial charge in [0.1, 0.15) is 23.6 Å². The van der Waals surface area contributed by atoms with Gasteiger partial charge in [0, 0.05) is 75.1 Å². The van der Waals surface area contributed by atoms with Gasteiger partial charge in [-0.1, -0.05) is 0 Å². The summed E-state index contributed by atoms with van der Waals surface area (Å²) >= 11 is 0. The first-order valence-corrected chi connectivity index (χ1v) is 16.2. The second kappa shape index (κ2) is 12.1. The number of aryl methyl sites for hydroxylation is 1. The van der Waals surface area contributed by atoms with E-state index in [2.05, 4.69) is 23.6 Å². The molecule has 0 unspecified atom stereocenters. The van der Waals surface area contributed by atoms with Gasteiger partial charge in [-0.2, -0.15) is 5.10 Å². The molecule has 3 fully saturated rings. The molecular formula is C34H43N7O4. The van der Waals surface area contributed by atoms with Crippen LogP contribution in [0.15, 0.2) is 30.6 Å². The largest absolute Gasteiger partial charge is 0.494 e. The van der Waals surface area contributed by atoms with E-state index in [0.717, 1.165) is 65.8 Å². The predicted octanol–water partition coefficient (Wildman–Crippen LogP) is 3.99. The summed E-state index contributed by atoms with van der Waals surface area (Å²) in [4.78, 5) is 34.7. The lowest BCUT2D eigenvalue weighted by molar-refractivity contribution is -0.136. The molecule has 1 atom stereocenters. The van der Waals surface area contributed by atoms with E-state index in [1.54, 1.807) is 14.2 Å². The van der Waals surface area contributed by atoms with Gasteiger partial charge in [0.25, 0.3) is 5.91 Å². The number of nitrogens with zero attached hydrogens (tertiary/aromatic N) is 6. The third-order valence-electron chi connectivity index (χ3n) is 9.86. The normalized spacial score (nSPS) is 19.5. The van der Waals surface area contributed by atoms with Crippen LogP contribution in [0.4, 0.5) is 0 Å². The van der Waals surface area contributed by atoms with Crippen LogP contribution in [0.2, 0.25) is 0 Å². The minimum Gasteiger partial charge on any atom is -0.494 e. The standard InChI is InChI=1S/C34H43N7O4/c1-21-30(37-41-18-25(16-28(45-3)32(21)41)34(43)39-12-4-5-26(35)19-39)27-15-24-8-11-36-31(33(24)40(27)17-22-6-7-22)23-9-13-38(14-10-23)29(42)20-44-2/h8,11,15-16,18,22-23,26H,4-7,9-10,12-14,17,19-20,35H2,1-3H3/t26-/m1/s1. The molecule has 11 heteroatoms. The van der Waals surface area contributed by atoms with Crippen LogP contribution >= 0.6 is 0 Å². The van der Waals surface area contributed by atoms with Gasteiger partial charge in [0.05, 0.1) is 29.6 Å². The molecular weight excluding hydrogens is 570 g/mol. The van der Waals surface area contributed by atoms with E-state index in [4.69, 9.17) is 25.3 Å². The molecule has 2 N–H and O–H groups in total. The van der Waals surface area contributed by atoms with Gasteiger partial charge in [-0.15, -0.1) is 0 Å². The van der Waals surface area contributed by atoms with E-state index in [0.29, 0.717) is 43.4 Å². The van der Waals surface area contributed by atoms with Crippen molar-refractivity contribution < 1.29 is 19.1 Å². The van der Waals surface area contributed by atoms with Gasteiger partial charge in [0.2, 0.25) is 5.91 Å². The Morgan fingerprint density at radius 2 is 1.82 bits per heavy atom. The molecule has 1 aliphatic carbocycles. The molecule has 2 aliphatic heterocycles. The number of hydrogen-bond acceptors (Lipinski definition) is 7. The Hall–Kier alpha value is -3.96. The fourth-order valence-corrected chi connectivity index (χ4v) is 7.28. The summed E-state index contributed by atoms with van der Waals surface area (Å²) in [5.41, 5.74) is 12.8. The third kappa shape index (κ3) is 5.56.